The lowest BCUT2D eigenvalue weighted by Crippen LogP contribution is -3.07. The highest BCUT2D eigenvalue weighted by atomic mass is 35.5. The van der Waals surface area contributed by atoms with Crippen LogP contribution in [0.2, 0.25) is 10.0 Å². The number of rotatable bonds is 2. The van der Waals surface area contributed by atoms with E-state index in [0.717, 1.165) is 36.8 Å². The van der Waals surface area contributed by atoms with Crippen LogP contribution in [0.1, 0.15) is 5.56 Å². The molecule has 1 aromatic rings. The van der Waals surface area contributed by atoms with Crippen molar-refractivity contribution in [3.8, 4) is 0 Å². The first-order valence-electron chi connectivity index (χ1n) is 6.15. The normalized spacial score (nSPS) is 20.8. The number of nitrogens with zero attached hydrogens (tertiary/aromatic N) is 1. The Labute approximate surface area is 129 Å². The van der Waals surface area contributed by atoms with Crippen molar-refractivity contribution in [2.75, 3.05) is 19.6 Å². The number of hydrogen-bond donors (Lipinski definition) is 1. The fourth-order valence-electron chi connectivity index (χ4n) is 2.58. The first-order chi connectivity index (χ1) is 8.74. The highest BCUT2D eigenvalue weighted by molar-refractivity contribution is 6.35. The molecule has 2 aliphatic heterocycles. The van der Waals surface area contributed by atoms with E-state index in [1.54, 1.807) is 0 Å². The highest BCUT2D eigenvalue weighted by Crippen LogP contribution is 2.20. The minimum Gasteiger partial charge on any atom is -1.00 e. The molecule has 1 fully saturated rings. The Morgan fingerprint density at radius 1 is 1.26 bits per heavy atom. The molecule has 2 heterocycles. The van der Waals surface area contributed by atoms with E-state index in [1.165, 1.54) is 10.7 Å². The Bertz CT molecular complexity index is 525. The molecule has 1 aromatic carbocycles. The minimum absolute atomic E-state index is 0. The van der Waals surface area contributed by atoms with E-state index in [9.17, 15) is 0 Å². The Kier molecular flexibility index (Phi) is 4.80. The average molecular weight is 318 g/mol. The maximum absolute atomic E-state index is 6.24. The molecule has 1 saturated heterocycles. The fraction of sp³-hybridized carbons (Fsp3) is 0.286. The SMILES string of the molecule is Clc1ccc(C[NH+]2CCN3CC=CC=C32)c(Cl)c1.[Cl-]. The van der Waals surface area contributed by atoms with Crippen LogP contribution in [0.4, 0.5) is 0 Å². The van der Waals surface area contributed by atoms with Gasteiger partial charge in [-0.2, -0.15) is 0 Å². The van der Waals surface area contributed by atoms with Gasteiger partial charge in [-0.1, -0.05) is 41.4 Å². The van der Waals surface area contributed by atoms with Gasteiger partial charge in [0, 0.05) is 23.2 Å². The molecule has 0 spiro atoms. The Hall–Kier alpha value is -0.670. The largest absolute Gasteiger partial charge is 1.00 e. The standard InChI is InChI=1S/C14H14Cl2N2.ClH/c15-12-5-4-11(13(16)9-12)10-18-8-7-17-6-2-1-3-14(17)18;/h1-5,9H,6-8,10H2;1H. The Balaban J connectivity index is 0.00000133. The van der Waals surface area contributed by atoms with Gasteiger partial charge in [0.15, 0.2) is 0 Å². The van der Waals surface area contributed by atoms with Crippen LogP contribution in [0, 0.1) is 0 Å². The molecule has 102 valence electrons. The van der Waals surface area contributed by atoms with Crippen molar-refractivity contribution in [3.63, 3.8) is 0 Å². The third kappa shape index (κ3) is 3.09. The monoisotopic (exact) mass is 316 g/mol. The molecule has 0 radical (unpaired) electrons. The van der Waals surface area contributed by atoms with E-state index in [-0.39, 0.29) is 12.4 Å². The van der Waals surface area contributed by atoms with Gasteiger partial charge < -0.3 is 17.3 Å². The fourth-order valence-corrected chi connectivity index (χ4v) is 3.05. The summed E-state index contributed by atoms with van der Waals surface area (Å²) in [7, 11) is 0. The van der Waals surface area contributed by atoms with E-state index in [4.69, 9.17) is 23.2 Å². The quantitative estimate of drug-likeness (QED) is 0.744. The predicted molar refractivity (Wildman–Crippen MR) is 74.8 cm³/mol. The summed E-state index contributed by atoms with van der Waals surface area (Å²) in [5, 5.41) is 1.46. The van der Waals surface area contributed by atoms with E-state index in [2.05, 4.69) is 23.1 Å². The number of quaternary nitrogens is 1. The van der Waals surface area contributed by atoms with Crippen molar-refractivity contribution >= 4 is 23.2 Å². The Morgan fingerprint density at radius 3 is 2.89 bits per heavy atom. The average Bonchev–Trinajstić information content (AvgIpc) is 2.76. The third-order valence-electron chi connectivity index (χ3n) is 3.52. The second-order valence-corrected chi connectivity index (χ2v) is 5.54. The third-order valence-corrected chi connectivity index (χ3v) is 4.11. The molecule has 2 nitrogen and oxygen atoms in total. The molecule has 0 aromatic heterocycles. The lowest BCUT2D eigenvalue weighted by atomic mass is 10.2. The maximum atomic E-state index is 6.24. The first-order valence-corrected chi connectivity index (χ1v) is 6.90. The van der Waals surface area contributed by atoms with Gasteiger partial charge in [-0.15, -0.1) is 0 Å². The number of nitrogens with one attached hydrogen (secondary N) is 1. The molecule has 2 aliphatic rings. The summed E-state index contributed by atoms with van der Waals surface area (Å²) in [4.78, 5) is 3.89. The van der Waals surface area contributed by atoms with Crippen LogP contribution in [0.15, 0.2) is 42.2 Å². The maximum Gasteiger partial charge on any atom is 0.203 e. The molecular formula is C14H15Cl3N2. The molecule has 1 N–H and O–H groups in total. The van der Waals surface area contributed by atoms with Gasteiger partial charge in [-0.25, -0.2) is 0 Å². The summed E-state index contributed by atoms with van der Waals surface area (Å²) in [5.41, 5.74) is 1.16. The van der Waals surface area contributed by atoms with Gasteiger partial charge in [0.05, 0.1) is 11.6 Å². The molecule has 3 rings (SSSR count). The molecule has 0 aliphatic carbocycles. The van der Waals surface area contributed by atoms with Gasteiger partial charge in [-0.3, -0.25) is 4.90 Å². The summed E-state index contributed by atoms with van der Waals surface area (Å²) >= 11 is 12.2. The molecule has 0 bridgehead atoms. The molecule has 0 saturated carbocycles. The summed E-state index contributed by atoms with van der Waals surface area (Å²) < 4.78 is 0. The Morgan fingerprint density at radius 2 is 2.11 bits per heavy atom. The van der Waals surface area contributed by atoms with E-state index >= 15 is 0 Å². The second kappa shape index (κ2) is 6.19. The molecular weight excluding hydrogens is 303 g/mol. The van der Waals surface area contributed by atoms with E-state index < -0.39 is 0 Å². The van der Waals surface area contributed by atoms with Crippen molar-refractivity contribution < 1.29 is 17.3 Å². The lowest BCUT2D eigenvalue weighted by molar-refractivity contribution is -0.867. The van der Waals surface area contributed by atoms with Crippen LogP contribution in [0.25, 0.3) is 0 Å². The summed E-state index contributed by atoms with van der Waals surface area (Å²) in [5.74, 6) is 1.38. The number of allylic oxidation sites excluding steroid dienone is 2. The zero-order valence-electron chi connectivity index (χ0n) is 10.4. The lowest BCUT2D eigenvalue weighted by Gasteiger charge is -2.20. The molecule has 1 unspecified atom stereocenters. The van der Waals surface area contributed by atoms with Gasteiger partial charge in [0.1, 0.15) is 13.1 Å². The van der Waals surface area contributed by atoms with Gasteiger partial charge >= 0.3 is 0 Å². The van der Waals surface area contributed by atoms with Gasteiger partial charge in [-0.05, 0) is 12.1 Å². The van der Waals surface area contributed by atoms with Gasteiger partial charge in [0.25, 0.3) is 0 Å². The summed E-state index contributed by atoms with van der Waals surface area (Å²) in [6, 6.07) is 5.76. The second-order valence-electron chi connectivity index (χ2n) is 4.69. The van der Waals surface area contributed by atoms with Crippen molar-refractivity contribution in [1.29, 1.82) is 0 Å². The van der Waals surface area contributed by atoms with Crippen LogP contribution in [0.5, 0.6) is 0 Å². The zero-order valence-corrected chi connectivity index (χ0v) is 12.6. The van der Waals surface area contributed by atoms with Gasteiger partial charge in [0.2, 0.25) is 5.82 Å². The summed E-state index contributed by atoms with van der Waals surface area (Å²) in [6.45, 7) is 4.21. The minimum atomic E-state index is 0. The number of hydrogen-bond acceptors (Lipinski definition) is 1. The molecule has 0 amide bonds. The number of halogens is 3. The molecule has 1 atom stereocenters. The van der Waals surface area contributed by atoms with E-state index in [0.29, 0.717) is 5.02 Å². The van der Waals surface area contributed by atoms with E-state index in [1.807, 2.05) is 18.2 Å². The van der Waals surface area contributed by atoms with Crippen LogP contribution in [-0.4, -0.2) is 24.5 Å². The van der Waals surface area contributed by atoms with Crippen molar-refractivity contribution in [2.45, 2.75) is 6.54 Å². The van der Waals surface area contributed by atoms with Crippen molar-refractivity contribution in [2.24, 2.45) is 0 Å². The zero-order chi connectivity index (χ0) is 12.5. The van der Waals surface area contributed by atoms with Crippen LogP contribution < -0.4 is 17.3 Å². The topological polar surface area (TPSA) is 7.68 Å². The summed E-state index contributed by atoms with van der Waals surface area (Å²) in [6.07, 6.45) is 6.54. The first kappa shape index (κ1) is 14.7. The van der Waals surface area contributed by atoms with Crippen molar-refractivity contribution in [3.05, 3.63) is 57.9 Å². The van der Waals surface area contributed by atoms with Crippen LogP contribution in [-0.2, 0) is 6.54 Å². The predicted octanol–water partition coefficient (Wildman–Crippen LogP) is -0.891. The molecule has 19 heavy (non-hydrogen) atoms. The smallest absolute Gasteiger partial charge is 0.203 e. The molecule has 5 heteroatoms. The van der Waals surface area contributed by atoms with Crippen molar-refractivity contribution in [1.82, 2.24) is 4.90 Å². The highest BCUT2D eigenvalue weighted by Gasteiger charge is 2.30. The van der Waals surface area contributed by atoms with Crippen LogP contribution >= 0.6 is 23.2 Å². The number of fused-ring (bicyclic) bond motifs is 1. The van der Waals surface area contributed by atoms with Crippen LogP contribution in [0.3, 0.4) is 0 Å². The number of benzene rings is 1.